The summed E-state index contributed by atoms with van der Waals surface area (Å²) in [7, 11) is 0. The summed E-state index contributed by atoms with van der Waals surface area (Å²) in [6, 6.07) is 18.5. The molecule has 0 atom stereocenters. The van der Waals surface area contributed by atoms with E-state index in [9.17, 15) is 14.7 Å². The maximum Gasteiger partial charge on any atom is 0.287 e. The van der Waals surface area contributed by atoms with Crippen LogP contribution in [0.2, 0.25) is 0 Å². The smallest absolute Gasteiger partial charge is 0.287 e. The highest BCUT2D eigenvalue weighted by Crippen LogP contribution is 2.33. The van der Waals surface area contributed by atoms with Crippen LogP contribution in [0.25, 0.3) is 6.08 Å². The van der Waals surface area contributed by atoms with Gasteiger partial charge in [0.25, 0.3) is 11.8 Å². The molecule has 0 radical (unpaired) electrons. The molecular weight excluding hydrogens is 490 g/mol. The summed E-state index contributed by atoms with van der Waals surface area (Å²) in [6.07, 6.45) is 2.80. The number of nitrogens with zero attached hydrogens (tertiary/aromatic N) is 1. The molecule has 166 valence electrons. The Morgan fingerprint density at radius 3 is 2.61 bits per heavy atom. The maximum atomic E-state index is 12.9. The van der Waals surface area contributed by atoms with E-state index >= 15 is 0 Å². The second kappa shape index (κ2) is 10.0. The highest BCUT2D eigenvalue weighted by Gasteiger charge is 2.17. The number of amides is 2. The van der Waals surface area contributed by atoms with Gasteiger partial charge < -0.3 is 19.9 Å². The van der Waals surface area contributed by atoms with Crippen molar-refractivity contribution in [1.29, 1.82) is 0 Å². The van der Waals surface area contributed by atoms with E-state index in [2.05, 4.69) is 31.8 Å². The average Bonchev–Trinajstić information content (AvgIpc) is 3.29. The number of fused-ring (bicyclic) bond motifs is 1. The SMILES string of the molecule is O=C(N/N=C/c1cc(Br)ccc1O)/C(=C\c1ccc2c(c1)OCO2)NC(=O)c1ccccc1. The molecular formula is C24H18BrN3O5. The molecule has 4 rings (SSSR count). The molecule has 1 heterocycles. The first-order valence-electron chi connectivity index (χ1n) is 9.79. The number of carbonyl (C=O) groups is 2. The number of carbonyl (C=O) groups excluding carboxylic acids is 2. The molecule has 0 fully saturated rings. The monoisotopic (exact) mass is 507 g/mol. The largest absolute Gasteiger partial charge is 0.507 e. The molecule has 0 aliphatic carbocycles. The zero-order chi connectivity index (χ0) is 23.2. The zero-order valence-corrected chi connectivity index (χ0v) is 18.7. The minimum absolute atomic E-state index is 0.00436. The molecule has 0 unspecified atom stereocenters. The summed E-state index contributed by atoms with van der Waals surface area (Å²) < 4.78 is 11.4. The van der Waals surface area contributed by atoms with Gasteiger partial charge in [0.2, 0.25) is 6.79 Å². The normalized spacial score (nSPS) is 12.6. The van der Waals surface area contributed by atoms with Crippen LogP contribution in [0, 0.1) is 0 Å². The second-order valence-corrected chi connectivity index (χ2v) is 7.81. The minimum atomic E-state index is -0.650. The summed E-state index contributed by atoms with van der Waals surface area (Å²) in [5.74, 6) is 0.0460. The number of phenolic OH excluding ortho intramolecular Hbond substituents is 1. The number of hydrazone groups is 1. The summed E-state index contributed by atoms with van der Waals surface area (Å²) in [6.45, 7) is 0.123. The van der Waals surface area contributed by atoms with Gasteiger partial charge in [-0.15, -0.1) is 0 Å². The van der Waals surface area contributed by atoms with Crippen LogP contribution in [0.15, 0.2) is 82.0 Å². The number of ether oxygens (including phenoxy) is 2. The molecule has 1 aliphatic heterocycles. The van der Waals surface area contributed by atoms with Crippen LogP contribution in [-0.2, 0) is 4.79 Å². The molecule has 2 amide bonds. The van der Waals surface area contributed by atoms with Gasteiger partial charge in [-0.25, -0.2) is 5.43 Å². The van der Waals surface area contributed by atoms with Crippen LogP contribution in [0.3, 0.4) is 0 Å². The van der Waals surface area contributed by atoms with Gasteiger partial charge in [0.05, 0.1) is 6.21 Å². The lowest BCUT2D eigenvalue weighted by molar-refractivity contribution is -0.117. The molecule has 9 heteroatoms. The van der Waals surface area contributed by atoms with Crippen molar-refractivity contribution in [2.45, 2.75) is 0 Å². The fraction of sp³-hybridized carbons (Fsp3) is 0.0417. The number of halogens is 1. The van der Waals surface area contributed by atoms with Crippen molar-refractivity contribution >= 4 is 40.0 Å². The van der Waals surface area contributed by atoms with Gasteiger partial charge in [-0.3, -0.25) is 9.59 Å². The van der Waals surface area contributed by atoms with E-state index in [0.29, 0.717) is 28.2 Å². The molecule has 3 aromatic carbocycles. The van der Waals surface area contributed by atoms with E-state index in [0.717, 1.165) is 4.47 Å². The highest BCUT2D eigenvalue weighted by atomic mass is 79.9. The van der Waals surface area contributed by atoms with Gasteiger partial charge in [-0.1, -0.05) is 40.2 Å². The molecule has 3 aromatic rings. The van der Waals surface area contributed by atoms with E-state index in [1.165, 1.54) is 18.4 Å². The van der Waals surface area contributed by atoms with Crippen molar-refractivity contribution in [3.8, 4) is 17.2 Å². The van der Waals surface area contributed by atoms with Crippen LogP contribution in [-0.4, -0.2) is 29.9 Å². The van der Waals surface area contributed by atoms with Crippen LogP contribution in [0.5, 0.6) is 17.2 Å². The lowest BCUT2D eigenvalue weighted by atomic mass is 10.1. The van der Waals surface area contributed by atoms with Gasteiger partial charge in [0.15, 0.2) is 11.5 Å². The Kier molecular flexibility index (Phi) is 6.70. The van der Waals surface area contributed by atoms with Gasteiger partial charge in [0, 0.05) is 15.6 Å². The first-order valence-corrected chi connectivity index (χ1v) is 10.6. The quantitative estimate of drug-likeness (QED) is 0.267. The number of hydrogen-bond donors (Lipinski definition) is 3. The number of rotatable bonds is 6. The molecule has 3 N–H and O–H groups in total. The van der Waals surface area contributed by atoms with Crippen LogP contribution >= 0.6 is 15.9 Å². The molecule has 33 heavy (non-hydrogen) atoms. The Balaban J connectivity index is 1.57. The van der Waals surface area contributed by atoms with E-state index in [4.69, 9.17) is 9.47 Å². The predicted molar refractivity (Wildman–Crippen MR) is 126 cm³/mol. The Labute approximate surface area is 197 Å². The molecule has 0 saturated carbocycles. The van der Waals surface area contributed by atoms with E-state index in [1.807, 2.05) is 0 Å². The third kappa shape index (κ3) is 5.58. The van der Waals surface area contributed by atoms with Crippen LogP contribution in [0.1, 0.15) is 21.5 Å². The topological polar surface area (TPSA) is 109 Å². The number of aromatic hydroxyl groups is 1. The van der Waals surface area contributed by atoms with Gasteiger partial charge >= 0.3 is 0 Å². The van der Waals surface area contributed by atoms with E-state index in [-0.39, 0.29) is 18.2 Å². The minimum Gasteiger partial charge on any atom is -0.507 e. The Morgan fingerprint density at radius 2 is 1.79 bits per heavy atom. The number of benzene rings is 3. The van der Waals surface area contributed by atoms with Gasteiger partial charge in [-0.05, 0) is 54.1 Å². The van der Waals surface area contributed by atoms with Crippen molar-refractivity contribution in [3.05, 3.63) is 93.6 Å². The lowest BCUT2D eigenvalue weighted by Gasteiger charge is -2.09. The van der Waals surface area contributed by atoms with Crippen molar-refractivity contribution in [1.82, 2.24) is 10.7 Å². The average molecular weight is 508 g/mol. The second-order valence-electron chi connectivity index (χ2n) is 6.89. The number of phenols is 1. The van der Waals surface area contributed by atoms with Crippen LogP contribution < -0.4 is 20.2 Å². The van der Waals surface area contributed by atoms with E-state index < -0.39 is 11.8 Å². The van der Waals surface area contributed by atoms with E-state index in [1.54, 1.807) is 60.7 Å². The maximum absolute atomic E-state index is 12.9. The van der Waals surface area contributed by atoms with Crippen molar-refractivity contribution < 1.29 is 24.2 Å². The van der Waals surface area contributed by atoms with Gasteiger partial charge in [0.1, 0.15) is 11.4 Å². The third-order valence-corrected chi connectivity index (χ3v) is 5.09. The summed E-state index contributed by atoms with van der Waals surface area (Å²) in [5.41, 5.74) is 3.76. The fourth-order valence-corrected chi connectivity index (χ4v) is 3.34. The number of hydrogen-bond acceptors (Lipinski definition) is 6. The Hall–Kier alpha value is -4.11. The Bertz CT molecular complexity index is 1260. The molecule has 8 nitrogen and oxygen atoms in total. The van der Waals surface area contributed by atoms with Crippen molar-refractivity contribution in [3.63, 3.8) is 0 Å². The van der Waals surface area contributed by atoms with Crippen LogP contribution in [0.4, 0.5) is 0 Å². The lowest BCUT2D eigenvalue weighted by Crippen LogP contribution is -2.32. The molecule has 1 aliphatic rings. The van der Waals surface area contributed by atoms with Crippen molar-refractivity contribution in [2.75, 3.05) is 6.79 Å². The molecule has 0 saturated heterocycles. The first kappa shape index (κ1) is 22.1. The summed E-state index contributed by atoms with van der Waals surface area (Å²) >= 11 is 3.31. The number of nitrogens with one attached hydrogen (secondary N) is 2. The first-order chi connectivity index (χ1) is 16.0. The third-order valence-electron chi connectivity index (χ3n) is 4.60. The Morgan fingerprint density at radius 1 is 1.00 bits per heavy atom. The zero-order valence-electron chi connectivity index (χ0n) is 17.1. The fourth-order valence-electron chi connectivity index (χ4n) is 2.96. The predicted octanol–water partition coefficient (Wildman–Crippen LogP) is 3.80. The molecule has 0 spiro atoms. The van der Waals surface area contributed by atoms with Gasteiger partial charge in [-0.2, -0.15) is 5.10 Å². The summed E-state index contributed by atoms with van der Waals surface area (Å²) in [4.78, 5) is 25.5. The highest BCUT2D eigenvalue weighted by molar-refractivity contribution is 9.10. The standard InChI is InChI=1S/C24H18BrN3O5/c25-18-7-8-20(29)17(12-18)13-26-28-24(31)19(27-23(30)16-4-2-1-3-5-16)10-15-6-9-21-22(11-15)33-14-32-21/h1-13,29H,14H2,(H,27,30)(H,28,31)/b19-10+,26-13+. The molecule has 0 aromatic heterocycles. The summed E-state index contributed by atoms with van der Waals surface area (Å²) in [5, 5.41) is 16.4. The van der Waals surface area contributed by atoms with Crippen molar-refractivity contribution in [2.24, 2.45) is 5.10 Å². The molecule has 0 bridgehead atoms.